The second-order valence-corrected chi connectivity index (χ2v) is 6.48. The van der Waals surface area contributed by atoms with E-state index in [1.165, 1.54) is 0 Å². The number of rotatable bonds is 4. The minimum absolute atomic E-state index is 0.189. The third-order valence-corrected chi connectivity index (χ3v) is 4.62. The van der Waals surface area contributed by atoms with Gasteiger partial charge in [-0.25, -0.2) is 0 Å². The zero-order valence-electron chi connectivity index (χ0n) is 13.9. The molecule has 2 aliphatic rings. The molecule has 0 bridgehead atoms. The quantitative estimate of drug-likeness (QED) is 0.822. The molecule has 130 valence electrons. The maximum atomic E-state index is 12.0. The van der Waals surface area contributed by atoms with E-state index in [0.717, 1.165) is 31.2 Å². The van der Waals surface area contributed by atoms with Gasteiger partial charge in [0.15, 0.2) is 5.79 Å². The molecule has 2 atom stereocenters. The Bertz CT molecular complexity index is 584. The van der Waals surface area contributed by atoms with Gasteiger partial charge in [-0.3, -0.25) is 9.59 Å². The lowest BCUT2D eigenvalue weighted by Crippen LogP contribution is -2.44. The molecule has 1 heterocycles. The van der Waals surface area contributed by atoms with Gasteiger partial charge in [-0.1, -0.05) is 30.3 Å². The van der Waals surface area contributed by atoms with Crippen LogP contribution >= 0.6 is 0 Å². The smallest absolute Gasteiger partial charge is 0.309 e. The first kappa shape index (κ1) is 16.9. The molecule has 3 rings (SSSR count). The van der Waals surface area contributed by atoms with Crippen molar-refractivity contribution in [2.75, 3.05) is 13.2 Å². The van der Waals surface area contributed by atoms with Crippen molar-refractivity contribution in [3.05, 3.63) is 35.9 Å². The standard InChI is InChI=1S/C18H24N2O4/c1-13(14-7-3-2-4-8-14)20-17(22)16(21)19-11-15-12-23-18(24-15)9-5-6-10-18/h2-4,7-8,13,15H,5-6,9-12H2,1H3,(H,19,21)(H,20,22)/t13-,15+/m0/s1. The number of hydrogen-bond donors (Lipinski definition) is 2. The van der Waals surface area contributed by atoms with Gasteiger partial charge in [0, 0.05) is 19.4 Å². The zero-order valence-corrected chi connectivity index (χ0v) is 13.9. The molecule has 1 saturated heterocycles. The van der Waals surface area contributed by atoms with Crippen LogP contribution in [-0.4, -0.2) is 36.9 Å². The molecule has 2 fully saturated rings. The van der Waals surface area contributed by atoms with E-state index in [1.807, 2.05) is 37.3 Å². The summed E-state index contributed by atoms with van der Waals surface area (Å²) in [5.74, 6) is -1.73. The van der Waals surface area contributed by atoms with Crippen LogP contribution in [-0.2, 0) is 19.1 Å². The Hall–Kier alpha value is -1.92. The third-order valence-electron chi connectivity index (χ3n) is 4.62. The van der Waals surface area contributed by atoms with Crippen molar-refractivity contribution in [2.45, 2.75) is 50.5 Å². The van der Waals surface area contributed by atoms with Crippen molar-refractivity contribution >= 4 is 11.8 Å². The van der Waals surface area contributed by atoms with Gasteiger partial charge in [0.2, 0.25) is 0 Å². The predicted octanol–water partition coefficient (Wildman–Crippen LogP) is 1.67. The Balaban J connectivity index is 1.42. The fourth-order valence-electron chi connectivity index (χ4n) is 3.27. The Morgan fingerprint density at radius 3 is 2.62 bits per heavy atom. The molecule has 24 heavy (non-hydrogen) atoms. The van der Waals surface area contributed by atoms with Crippen LogP contribution in [0.3, 0.4) is 0 Å². The van der Waals surface area contributed by atoms with Gasteiger partial charge in [0.1, 0.15) is 6.10 Å². The molecule has 1 aliphatic carbocycles. The van der Waals surface area contributed by atoms with Crippen LogP contribution in [0.5, 0.6) is 0 Å². The van der Waals surface area contributed by atoms with Crippen molar-refractivity contribution < 1.29 is 19.1 Å². The summed E-state index contributed by atoms with van der Waals surface area (Å²) in [6.45, 7) is 2.59. The van der Waals surface area contributed by atoms with Crippen LogP contribution in [0.15, 0.2) is 30.3 Å². The molecule has 2 N–H and O–H groups in total. The summed E-state index contributed by atoms with van der Waals surface area (Å²) in [6.07, 6.45) is 3.85. The minimum Gasteiger partial charge on any atom is -0.347 e. The number of benzene rings is 1. The molecule has 1 aromatic carbocycles. The Labute approximate surface area is 141 Å². The summed E-state index contributed by atoms with van der Waals surface area (Å²) < 4.78 is 11.7. The van der Waals surface area contributed by atoms with E-state index >= 15 is 0 Å². The summed E-state index contributed by atoms with van der Waals surface area (Å²) in [4.78, 5) is 23.9. The van der Waals surface area contributed by atoms with Gasteiger partial charge in [0.05, 0.1) is 12.6 Å². The average molecular weight is 332 g/mol. The van der Waals surface area contributed by atoms with E-state index < -0.39 is 17.6 Å². The van der Waals surface area contributed by atoms with Crippen LogP contribution in [0.25, 0.3) is 0 Å². The Morgan fingerprint density at radius 1 is 1.21 bits per heavy atom. The summed E-state index contributed by atoms with van der Waals surface area (Å²) in [6, 6.07) is 9.30. The number of ether oxygens (including phenoxy) is 2. The molecule has 1 spiro atoms. The second-order valence-electron chi connectivity index (χ2n) is 6.48. The first-order chi connectivity index (χ1) is 11.6. The highest BCUT2D eigenvalue weighted by molar-refractivity contribution is 6.35. The van der Waals surface area contributed by atoms with Gasteiger partial charge in [-0.05, 0) is 25.3 Å². The fourth-order valence-corrected chi connectivity index (χ4v) is 3.27. The number of hydrogen-bond acceptors (Lipinski definition) is 4. The SMILES string of the molecule is C[C@H](NC(=O)C(=O)NC[C@@H]1COC2(CCCC2)O1)c1ccccc1. The summed E-state index contributed by atoms with van der Waals surface area (Å²) in [5, 5.41) is 5.33. The first-order valence-electron chi connectivity index (χ1n) is 8.53. The van der Waals surface area contributed by atoms with E-state index in [0.29, 0.717) is 6.61 Å². The highest BCUT2D eigenvalue weighted by Gasteiger charge is 2.43. The van der Waals surface area contributed by atoms with Crippen LogP contribution < -0.4 is 10.6 Å². The number of carbonyl (C=O) groups excluding carboxylic acids is 2. The van der Waals surface area contributed by atoms with Gasteiger partial charge in [0.25, 0.3) is 0 Å². The average Bonchev–Trinajstić information content (AvgIpc) is 3.23. The second kappa shape index (κ2) is 7.32. The van der Waals surface area contributed by atoms with Gasteiger partial charge < -0.3 is 20.1 Å². The van der Waals surface area contributed by atoms with Gasteiger partial charge >= 0.3 is 11.8 Å². The van der Waals surface area contributed by atoms with E-state index in [-0.39, 0.29) is 18.7 Å². The van der Waals surface area contributed by atoms with E-state index in [1.54, 1.807) is 0 Å². The predicted molar refractivity (Wildman–Crippen MR) is 88.0 cm³/mol. The number of nitrogens with one attached hydrogen (secondary N) is 2. The van der Waals surface area contributed by atoms with Crippen molar-refractivity contribution in [2.24, 2.45) is 0 Å². The molecule has 0 radical (unpaired) electrons. The first-order valence-corrected chi connectivity index (χ1v) is 8.53. The molecule has 0 unspecified atom stereocenters. The monoisotopic (exact) mass is 332 g/mol. The Morgan fingerprint density at radius 2 is 1.92 bits per heavy atom. The lowest BCUT2D eigenvalue weighted by Gasteiger charge is -2.22. The van der Waals surface area contributed by atoms with Crippen LogP contribution in [0.1, 0.15) is 44.2 Å². The van der Waals surface area contributed by atoms with Gasteiger partial charge in [-0.2, -0.15) is 0 Å². The lowest BCUT2D eigenvalue weighted by molar-refractivity contribution is -0.161. The summed E-state index contributed by atoms with van der Waals surface area (Å²) in [5.41, 5.74) is 0.953. The van der Waals surface area contributed by atoms with Crippen LogP contribution in [0.2, 0.25) is 0 Å². The van der Waals surface area contributed by atoms with Crippen molar-refractivity contribution in [1.29, 1.82) is 0 Å². The lowest BCUT2D eigenvalue weighted by atomic mass is 10.1. The highest BCUT2D eigenvalue weighted by Crippen LogP contribution is 2.38. The summed E-state index contributed by atoms with van der Waals surface area (Å²) >= 11 is 0. The molecular weight excluding hydrogens is 308 g/mol. The molecule has 1 aromatic rings. The van der Waals surface area contributed by atoms with Crippen LogP contribution in [0, 0.1) is 0 Å². The molecule has 2 amide bonds. The normalized spacial score (nSPS) is 23.1. The highest BCUT2D eigenvalue weighted by atomic mass is 16.7. The maximum Gasteiger partial charge on any atom is 0.309 e. The van der Waals surface area contributed by atoms with Crippen molar-refractivity contribution in [3.8, 4) is 0 Å². The summed E-state index contributed by atoms with van der Waals surface area (Å²) in [7, 11) is 0. The van der Waals surface area contributed by atoms with Gasteiger partial charge in [-0.15, -0.1) is 0 Å². The minimum atomic E-state index is -0.645. The van der Waals surface area contributed by atoms with E-state index in [9.17, 15) is 9.59 Å². The van der Waals surface area contributed by atoms with E-state index in [2.05, 4.69) is 10.6 Å². The molecule has 6 nitrogen and oxygen atoms in total. The fraction of sp³-hybridized carbons (Fsp3) is 0.556. The molecule has 1 aliphatic heterocycles. The van der Waals surface area contributed by atoms with Crippen molar-refractivity contribution in [3.63, 3.8) is 0 Å². The zero-order chi connectivity index (χ0) is 17.0. The number of amides is 2. The Kier molecular flexibility index (Phi) is 5.16. The van der Waals surface area contributed by atoms with Crippen LogP contribution in [0.4, 0.5) is 0 Å². The topological polar surface area (TPSA) is 76.7 Å². The maximum absolute atomic E-state index is 12.0. The molecule has 0 aromatic heterocycles. The van der Waals surface area contributed by atoms with E-state index in [4.69, 9.17) is 9.47 Å². The largest absolute Gasteiger partial charge is 0.347 e. The molecular formula is C18H24N2O4. The number of carbonyl (C=O) groups is 2. The third kappa shape index (κ3) is 3.94. The van der Waals surface area contributed by atoms with Crippen molar-refractivity contribution in [1.82, 2.24) is 10.6 Å². The molecule has 6 heteroatoms. The molecule has 1 saturated carbocycles.